The summed E-state index contributed by atoms with van der Waals surface area (Å²) in [6, 6.07) is 13.7. The maximum Gasteiger partial charge on any atom is 0.317 e. The van der Waals surface area contributed by atoms with Crippen LogP contribution in [-0.4, -0.2) is 50.3 Å². The normalized spacial score (nSPS) is 11.1. The Morgan fingerprint density at radius 1 is 0.639 bits per heavy atom. The Hall–Kier alpha value is -3.52. The maximum absolute atomic E-state index is 5.84. The summed E-state index contributed by atoms with van der Waals surface area (Å²) in [5, 5.41) is 0.935. The number of halogens is 1. The summed E-state index contributed by atoms with van der Waals surface area (Å²) in [5.41, 5.74) is 3.35. The molecule has 0 saturated carbocycles. The van der Waals surface area contributed by atoms with Gasteiger partial charge in [-0.15, -0.1) is 0 Å². The summed E-state index contributed by atoms with van der Waals surface area (Å²) in [4.78, 5) is 9.14. The van der Waals surface area contributed by atoms with Crippen LogP contribution in [0, 0.1) is 0 Å². The fraction of sp³-hybridized carbons (Fsp3) is 0.286. The van der Waals surface area contributed by atoms with Gasteiger partial charge in [-0.25, -0.2) is 0 Å². The molecule has 7 nitrogen and oxygen atoms in total. The SMILES string of the molecule is COc1ccc(/C=C/c2cc(/C=C/c3ccc(OC)c(OC)c3)nc(OCCCCBr)n2)cc1OC. The van der Waals surface area contributed by atoms with Gasteiger partial charge in [-0.05, 0) is 66.5 Å². The number of ether oxygens (including phenoxy) is 5. The summed E-state index contributed by atoms with van der Waals surface area (Å²) in [6.45, 7) is 0.549. The Balaban J connectivity index is 1.87. The van der Waals surface area contributed by atoms with Crippen molar-refractivity contribution in [3.63, 3.8) is 0 Å². The van der Waals surface area contributed by atoms with Crippen molar-refractivity contribution in [1.29, 1.82) is 0 Å². The van der Waals surface area contributed by atoms with Gasteiger partial charge >= 0.3 is 6.01 Å². The fourth-order valence-corrected chi connectivity index (χ4v) is 3.73. The Bertz CT molecular complexity index is 1110. The van der Waals surface area contributed by atoms with Crippen LogP contribution in [0.25, 0.3) is 24.3 Å². The van der Waals surface area contributed by atoms with Gasteiger partial charge in [0.2, 0.25) is 0 Å². The molecule has 8 heteroatoms. The van der Waals surface area contributed by atoms with Crippen molar-refractivity contribution in [3.8, 4) is 29.0 Å². The van der Waals surface area contributed by atoms with Gasteiger partial charge < -0.3 is 23.7 Å². The van der Waals surface area contributed by atoms with Crippen molar-refractivity contribution in [3.05, 3.63) is 65.0 Å². The Kier molecular flexibility index (Phi) is 10.6. The van der Waals surface area contributed by atoms with E-state index < -0.39 is 0 Å². The van der Waals surface area contributed by atoms with Crippen LogP contribution in [0.15, 0.2) is 42.5 Å². The van der Waals surface area contributed by atoms with Gasteiger partial charge in [0.05, 0.1) is 46.4 Å². The number of methoxy groups -OCH3 is 4. The van der Waals surface area contributed by atoms with Crippen molar-refractivity contribution < 1.29 is 23.7 Å². The number of alkyl halides is 1. The summed E-state index contributed by atoms with van der Waals surface area (Å²) in [6.07, 6.45) is 9.69. The van der Waals surface area contributed by atoms with E-state index in [9.17, 15) is 0 Å². The second-order valence-corrected chi connectivity index (χ2v) is 8.43. The maximum atomic E-state index is 5.84. The lowest BCUT2D eigenvalue weighted by atomic mass is 10.1. The summed E-state index contributed by atoms with van der Waals surface area (Å²) >= 11 is 3.44. The van der Waals surface area contributed by atoms with E-state index in [0.717, 1.165) is 40.7 Å². The minimum absolute atomic E-state index is 0.339. The monoisotopic (exact) mass is 554 g/mol. The van der Waals surface area contributed by atoms with Crippen LogP contribution < -0.4 is 23.7 Å². The molecule has 3 rings (SSSR count). The summed E-state index contributed by atoms with van der Waals surface area (Å²) in [7, 11) is 6.47. The molecule has 1 heterocycles. The van der Waals surface area contributed by atoms with Gasteiger partial charge in [0, 0.05) is 5.33 Å². The van der Waals surface area contributed by atoms with E-state index in [-0.39, 0.29) is 0 Å². The van der Waals surface area contributed by atoms with Crippen molar-refractivity contribution in [2.24, 2.45) is 0 Å². The van der Waals surface area contributed by atoms with Crippen LogP contribution in [-0.2, 0) is 0 Å². The van der Waals surface area contributed by atoms with Crippen LogP contribution >= 0.6 is 15.9 Å². The molecule has 0 aliphatic rings. The van der Waals surface area contributed by atoms with Gasteiger partial charge in [-0.2, -0.15) is 9.97 Å². The molecule has 0 N–H and O–H groups in total. The second kappa shape index (κ2) is 14.1. The number of rotatable bonds is 13. The largest absolute Gasteiger partial charge is 0.493 e. The van der Waals surface area contributed by atoms with E-state index in [2.05, 4.69) is 25.9 Å². The van der Waals surface area contributed by atoms with Gasteiger partial charge in [0.25, 0.3) is 0 Å². The van der Waals surface area contributed by atoms with Gasteiger partial charge in [-0.1, -0.05) is 40.2 Å². The minimum atomic E-state index is 0.339. The van der Waals surface area contributed by atoms with Crippen LogP contribution in [0.3, 0.4) is 0 Å². The van der Waals surface area contributed by atoms with Crippen molar-refractivity contribution in [2.75, 3.05) is 40.4 Å². The zero-order valence-electron chi connectivity index (χ0n) is 21.0. The topological polar surface area (TPSA) is 71.9 Å². The molecule has 0 aliphatic heterocycles. The van der Waals surface area contributed by atoms with Crippen LogP contribution in [0.1, 0.15) is 35.4 Å². The molecule has 1 aromatic heterocycles. The third-order valence-corrected chi connectivity index (χ3v) is 5.77. The average molecular weight is 555 g/mol. The molecule has 0 amide bonds. The van der Waals surface area contributed by atoms with E-state index >= 15 is 0 Å². The number of hydrogen-bond donors (Lipinski definition) is 0. The van der Waals surface area contributed by atoms with Gasteiger partial charge in [0.1, 0.15) is 0 Å². The van der Waals surface area contributed by atoms with E-state index in [1.54, 1.807) is 28.4 Å². The fourth-order valence-electron chi connectivity index (χ4n) is 3.33. The minimum Gasteiger partial charge on any atom is -0.493 e. The highest BCUT2D eigenvalue weighted by Gasteiger charge is 2.06. The third kappa shape index (κ3) is 7.75. The molecule has 3 aromatic rings. The van der Waals surface area contributed by atoms with E-state index in [4.69, 9.17) is 23.7 Å². The third-order valence-electron chi connectivity index (χ3n) is 5.21. The van der Waals surface area contributed by atoms with Gasteiger partial charge in [0.15, 0.2) is 23.0 Å². The average Bonchev–Trinajstić information content (AvgIpc) is 2.92. The lowest BCUT2D eigenvalue weighted by molar-refractivity contribution is 0.285. The second-order valence-electron chi connectivity index (χ2n) is 7.64. The molecule has 190 valence electrons. The number of nitrogens with zero attached hydrogens (tertiary/aromatic N) is 2. The Morgan fingerprint density at radius 2 is 1.14 bits per heavy atom. The molecular weight excluding hydrogens is 524 g/mol. The van der Waals surface area contributed by atoms with Gasteiger partial charge in [-0.3, -0.25) is 0 Å². The Labute approximate surface area is 220 Å². The lowest BCUT2D eigenvalue weighted by Gasteiger charge is -2.08. The number of hydrogen-bond acceptors (Lipinski definition) is 7. The molecule has 0 unspecified atom stereocenters. The molecular formula is C28H31BrN2O5. The first-order valence-corrected chi connectivity index (χ1v) is 12.6. The summed E-state index contributed by atoms with van der Waals surface area (Å²) in [5.74, 6) is 2.69. The predicted molar refractivity (Wildman–Crippen MR) is 148 cm³/mol. The molecule has 0 radical (unpaired) electrons. The molecule has 0 atom stereocenters. The molecule has 36 heavy (non-hydrogen) atoms. The van der Waals surface area contributed by atoms with E-state index in [1.165, 1.54) is 0 Å². The number of aromatic nitrogens is 2. The first-order chi connectivity index (χ1) is 17.6. The van der Waals surface area contributed by atoms with Crippen molar-refractivity contribution in [2.45, 2.75) is 12.8 Å². The van der Waals surface area contributed by atoms with Crippen LogP contribution in [0.4, 0.5) is 0 Å². The highest BCUT2D eigenvalue weighted by molar-refractivity contribution is 9.09. The number of unbranched alkanes of at least 4 members (excludes halogenated alkanes) is 1. The molecule has 0 saturated heterocycles. The smallest absolute Gasteiger partial charge is 0.317 e. The van der Waals surface area contributed by atoms with Crippen molar-refractivity contribution >= 4 is 40.2 Å². The standard InChI is InChI=1S/C28H31BrN2O5/c1-32-24-13-9-20(17-26(24)34-3)7-11-22-19-23(31-28(30-22)36-16-6-5-15-29)12-8-21-10-14-25(33-2)27(18-21)35-4/h7-14,17-19H,5-6,15-16H2,1-4H3/b11-7+,12-8+. The van der Waals surface area contributed by atoms with E-state index in [0.29, 0.717) is 35.6 Å². The molecule has 0 bridgehead atoms. The quantitative estimate of drug-likeness (QED) is 0.178. The zero-order chi connectivity index (χ0) is 25.8. The van der Waals surface area contributed by atoms with Crippen molar-refractivity contribution in [1.82, 2.24) is 9.97 Å². The molecule has 2 aromatic carbocycles. The lowest BCUT2D eigenvalue weighted by Crippen LogP contribution is -2.03. The Morgan fingerprint density at radius 3 is 1.58 bits per heavy atom. The molecule has 0 spiro atoms. The first-order valence-electron chi connectivity index (χ1n) is 11.5. The van der Waals surface area contributed by atoms with Crippen LogP contribution in [0.2, 0.25) is 0 Å². The predicted octanol–water partition coefficient (Wildman–Crippen LogP) is 6.41. The highest BCUT2D eigenvalue weighted by atomic mass is 79.9. The van der Waals surface area contributed by atoms with E-state index in [1.807, 2.05) is 66.8 Å². The molecule has 0 aliphatic carbocycles. The zero-order valence-corrected chi connectivity index (χ0v) is 22.6. The number of benzene rings is 2. The highest BCUT2D eigenvalue weighted by Crippen LogP contribution is 2.29. The first kappa shape index (κ1) is 27.1. The molecule has 0 fully saturated rings. The van der Waals surface area contributed by atoms with Crippen LogP contribution in [0.5, 0.6) is 29.0 Å². The summed E-state index contributed by atoms with van der Waals surface area (Å²) < 4.78 is 27.3.